The molecule has 0 bridgehead atoms. The Kier molecular flexibility index (Phi) is 18.1. The van der Waals surface area contributed by atoms with Crippen molar-refractivity contribution in [3.8, 4) is 0 Å². The molecule has 194 valence electrons. The van der Waals surface area contributed by atoms with Crippen molar-refractivity contribution in [2.24, 2.45) is 0 Å². The van der Waals surface area contributed by atoms with E-state index in [2.05, 4.69) is 89.2 Å². The first-order chi connectivity index (χ1) is 16.5. The third-order valence-corrected chi connectivity index (χ3v) is 5.53. The molecule has 0 spiro atoms. The quantitative estimate of drug-likeness (QED) is 0.180. The Morgan fingerprint density at radius 3 is 1.86 bits per heavy atom. The summed E-state index contributed by atoms with van der Waals surface area (Å²) in [5.41, 5.74) is 19.0. The molecular weight excluding hydrogens is 471 g/mol. The fraction of sp³-hybridized carbons (Fsp3) is 0.438. The fourth-order valence-electron chi connectivity index (χ4n) is 3.78. The van der Waals surface area contributed by atoms with Gasteiger partial charge in [-0.25, -0.2) is 4.70 Å². The monoisotopic (exact) mass is 516 g/mol. The number of benzene rings is 2. The van der Waals surface area contributed by atoms with Gasteiger partial charge in [0.15, 0.2) is 0 Å². The standard InChI is InChI=1S/C26H32N2.2C3H7.Ni/c1-4-7-10-21-14-16-22(17-15-21)25-19-24(12-8-5-2)26(28(25)27)23-13-9-11-20(6-3)18-23;2*1-3-2;/h9,11,13-19H,4-8,10,12H2,1-3H3;2*1,3H2,2H3;/q;2*-1;+2. The van der Waals surface area contributed by atoms with E-state index in [1.54, 1.807) is 0 Å². The first kappa shape index (κ1) is 33.0. The van der Waals surface area contributed by atoms with Gasteiger partial charge in [0.05, 0.1) is 0 Å². The molecule has 2 aromatic carbocycles. The van der Waals surface area contributed by atoms with Crippen LogP contribution in [0.3, 0.4) is 0 Å². The molecule has 35 heavy (non-hydrogen) atoms. The van der Waals surface area contributed by atoms with Crippen LogP contribution in [0.4, 0.5) is 0 Å². The summed E-state index contributed by atoms with van der Waals surface area (Å²) in [4.78, 5) is 0. The predicted octanol–water partition coefficient (Wildman–Crippen LogP) is 10.0. The van der Waals surface area contributed by atoms with E-state index in [1.165, 1.54) is 34.2 Å². The van der Waals surface area contributed by atoms with E-state index in [0.717, 1.165) is 67.5 Å². The van der Waals surface area contributed by atoms with E-state index < -0.39 is 0 Å². The minimum absolute atomic E-state index is 0. The number of allylic oxidation sites excluding steroid dienone is 2. The van der Waals surface area contributed by atoms with Gasteiger partial charge in [-0.15, -0.1) is 0 Å². The molecule has 0 aliphatic carbocycles. The van der Waals surface area contributed by atoms with Crippen LogP contribution in [-0.4, -0.2) is 4.70 Å². The van der Waals surface area contributed by atoms with Crippen molar-refractivity contribution >= 4 is 11.4 Å². The molecule has 0 fully saturated rings. The molecule has 0 unspecified atom stereocenters. The Labute approximate surface area is 226 Å². The Morgan fingerprint density at radius 1 is 0.743 bits per heavy atom. The molecular formula is C32H46N2Ni. The first-order valence-corrected chi connectivity index (χ1v) is 13.2. The third kappa shape index (κ3) is 10.7. The molecule has 1 aliphatic rings. The molecule has 3 heteroatoms. The maximum atomic E-state index is 11.1. The number of nitrogens with zero attached hydrogens (tertiary/aromatic N) is 2. The zero-order valence-electron chi connectivity index (χ0n) is 22.7. The van der Waals surface area contributed by atoms with Gasteiger partial charge in [-0.1, -0.05) is 71.7 Å². The largest absolute Gasteiger partial charge is 2.00 e. The second-order valence-corrected chi connectivity index (χ2v) is 8.67. The molecule has 0 aromatic heterocycles. The summed E-state index contributed by atoms with van der Waals surface area (Å²) in [7, 11) is 0. The normalized spacial score (nSPS) is 12.2. The zero-order valence-corrected chi connectivity index (χ0v) is 23.7. The van der Waals surface area contributed by atoms with Gasteiger partial charge in [0.2, 0.25) is 11.4 Å². The topological polar surface area (TPSA) is 25.3 Å². The number of aryl methyl sites for hydroxylation is 2. The van der Waals surface area contributed by atoms with E-state index >= 15 is 0 Å². The minimum Gasteiger partial charge on any atom is -0.493 e. The van der Waals surface area contributed by atoms with Gasteiger partial charge in [0.25, 0.3) is 0 Å². The van der Waals surface area contributed by atoms with Crippen molar-refractivity contribution in [1.82, 2.24) is 0 Å². The summed E-state index contributed by atoms with van der Waals surface area (Å²) in [6.45, 7) is 17.6. The predicted molar refractivity (Wildman–Crippen MR) is 150 cm³/mol. The number of hydrogen-bond donors (Lipinski definition) is 0. The fourth-order valence-corrected chi connectivity index (χ4v) is 3.78. The molecule has 1 aliphatic heterocycles. The average molecular weight is 517 g/mol. The van der Waals surface area contributed by atoms with E-state index in [9.17, 15) is 5.53 Å². The van der Waals surface area contributed by atoms with Gasteiger partial charge in [-0.05, 0) is 67.5 Å². The smallest absolute Gasteiger partial charge is 0.493 e. The maximum absolute atomic E-state index is 11.1. The van der Waals surface area contributed by atoms with Gasteiger partial charge in [-0.2, -0.15) is 12.8 Å². The summed E-state index contributed by atoms with van der Waals surface area (Å²) in [6.07, 6.45) is 12.0. The van der Waals surface area contributed by atoms with Crippen LogP contribution in [-0.2, 0) is 29.3 Å². The van der Waals surface area contributed by atoms with Gasteiger partial charge >= 0.3 is 16.5 Å². The van der Waals surface area contributed by atoms with Crippen LogP contribution < -0.4 is 0 Å². The summed E-state index contributed by atoms with van der Waals surface area (Å²) < 4.78 is 1.40. The van der Waals surface area contributed by atoms with Crippen LogP contribution in [0.25, 0.3) is 16.9 Å². The molecule has 0 atom stereocenters. The molecule has 3 rings (SSSR count). The Balaban J connectivity index is 0.00000150. The molecule has 0 radical (unpaired) electrons. The molecule has 0 saturated carbocycles. The van der Waals surface area contributed by atoms with E-state index in [4.69, 9.17) is 0 Å². The molecule has 0 amide bonds. The number of hydrogen-bond acceptors (Lipinski definition) is 0. The van der Waals surface area contributed by atoms with Gasteiger partial charge in [0.1, 0.15) is 0 Å². The van der Waals surface area contributed by atoms with Crippen LogP contribution in [0, 0.1) is 13.8 Å². The Hall–Kier alpha value is -1.99. The van der Waals surface area contributed by atoms with Gasteiger partial charge < -0.3 is 19.4 Å². The van der Waals surface area contributed by atoms with Crippen molar-refractivity contribution in [3.63, 3.8) is 0 Å². The van der Waals surface area contributed by atoms with Crippen molar-refractivity contribution < 1.29 is 21.2 Å². The Morgan fingerprint density at radius 2 is 1.31 bits per heavy atom. The Bertz CT molecular complexity index is 921. The molecule has 0 N–H and O–H groups in total. The molecule has 1 heterocycles. The average Bonchev–Trinajstić information content (AvgIpc) is 3.18. The molecule has 2 aromatic rings. The van der Waals surface area contributed by atoms with Crippen molar-refractivity contribution in [2.45, 2.75) is 92.4 Å². The summed E-state index contributed by atoms with van der Waals surface area (Å²) >= 11 is 0. The van der Waals surface area contributed by atoms with Crippen LogP contribution >= 0.6 is 0 Å². The van der Waals surface area contributed by atoms with E-state index in [0.29, 0.717) is 0 Å². The van der Waals surface area contributed by atoms with Gasteiger partial charge in [0, 0.05) is 22.8 Å². The van der Waals surface area contributed by atoms with Gasteiger partial charge in [-0.3, -0.25) is 0 Å². The van der Waals surface area contributed by atoms with Crippen molar-refractivity contribution in [3.05, 3.63) is 102 Å². The summed E-state index contributed by atoms with van der Waals surface area (Å²) in [5.74, 6) is 0. The minimum atomic E-state index is 0. The number of rotatable bonds is 9. The zero-order chi connectivity index (χ0) is 25.3. The second-order valence-electron chi connectivity index (χ2n) is 8.67. The molecule has 2 nitrogen and oxygen atoms in total. The molecule has 0 saturated heterocycles. The van der Waals surface area contributed by atoms with Crippen LogP contribution in [0.15, 0.2) is 60.2 Å². The van der Waals surface area contributed by atoms with E-state index in [-0.39, 0.29) is 16.5 Å². The summed E-state index contributed by atoms with van der Waals surface area (Å²) in [5, 5.41) is 0. The number of unbranched alkanes of at least 4 members (excludes halogenated alkanes) is 2. The summed E-state index contributed by atoms with van der Waals surface area (Å²) in [6, 6.07) is 17.2. The first-order valence-electron chi connectivity index (χ1n) is 13.2. The van der Waals surface area contributed by atoms with Crippen LogP contribution in [0.2, 0.25) is 0 Å². The third-order valence-electron chi connectivity index (χ3n) is 5.53. The SMILES string of the molecule is CCCCC1=C(c2cccc(CC)c2)[N+](=[N-])C(c2ccc(CCCC)cc2)=C1.[CH2-]CC.[CH2-]CC.[Ni+2]. The van der Waals surface area contributed by atoms with Crippen LogP contribution in [0.5, 0.6) is 0 Å². The maximum Gasteiger partial charge on any atom is 2.00 e. The van der Waals surface area contributed by atoms with E-state index in [1.807, 2.05) is 13.8 Å². The van der Waals surface area contributed by atoms with Crippen molar-refractivity contribution in [1.29, 1.82) is 0 Å². The van der Waals surface area contributed by atoms with Crippen molar-refractivity contribution in [2.75, 3.05) is 0 Å². The second kappa shape index (κ2) is 19.2. The van der Waals surface area contributed by atoms with Crippen LogP contribution in [0.1, 0.15) is 102 Å².